The van der Waals surface area contributed by atoms with Crippen LogP contribution in [0.15, 0.2) is 71.5 Å². The lowest BCUT2D eigenvalue weighted by atomic mass is 10.2. The summed E-state index contributed by atoms with van der Waals surface area (Å²) in [6.45, 7) is 2.50. The lowest BCUT2D eigenvalue weighted by Gasteiger charge is -2.07. The molecule has 0 saturated heterocycles. The van der Waals surface area contributed by atoms with Crippen LogP contribution in [0.5, 0.6) is 0 Å². The number of hydrogen-bond acceptors (Lipinski definition) is 4. The summed E-state index contributed by atoms with van der Waals surface area (Å²) in [5.74, 6) is -0.293. The Morgan fingerprint density at radius 3 is 2.68 bits per heavy atom. The van der Waals surface area contributed by atoms with Crippen molar-refractivity contribution in [3.05, 3.63) is 88.4 Å². The number of carbonyl (C=O) groups excluding carboxylic acids is 1. The van der Waals surface area contributed by atoms with Gasteiger partial charge in [-0.2, -0.15) is 5.10 Å². The molecule has 0 spiro atoms. The van der Waals surface area contributed by atoms with Crippen LogP contribution in [-0.4, -0.2) is 30.7 Å². The Labute approximate surface area is 170 Å². The number of nitrogens with one attached hydrogen (secondary N) is 1. The van der Waals surface area contributed by atoms with E-state index in [9.17, 15) is 4.79 Å². The number of carbonyl (C=O) groups is 1. The van der Waals surface area contributed by atoms with Crippen molar-refractivity contribution in [3.8, 4) is 5.69 Å². The predicted molar refractivity (Wildman–Crippen MR) is 110 cm³/mol. The highest BCUT2D eigenvalue weighted by atomic mass is 79.9. The first-order chi connectivity index (χ1) is 13.6. The fraction of sp³-hybridized carbons (Fsp3) is 0.100. The van der Waals surface area contributed by atoms with E-state index in [1.54, 1.807) is 10.9 Å². The first kappa shape index (κ1) is 18.1. The molecule has 7 nitrogen and oxygen atoms in total. The van der Waals surface area contributed by atoms with Crippen molar-refractivity contribution in [2.24, 2.45) is 0 Å². The minimum Gasteiger partial charge on any atom is -0.321 e. The van der Waals surface area contributed by atoms with Gasteiger partial charge in [-0.1, -0.05) is 39.3 Å². The van der Waals surface area contributed by atoms with Gasteiger partial charge in [0.2, 0.25) is 0 Å². The van der Waals surface area contributed by atoms with Crippen molar-refractivity contribution in [3.63, 3.8) is 0 Å². The van der Waals surface area contributed by atoms with Crippen LogP contribution in [0, 0.1) is 6.92 Å². The fourth-order valence-electron chi connectivity index (χ4n) is 2.86. The number of aromatic nitrogens is 5. The van der Waals surface area contributed by atoms with E-state index in [-0.39, 0.29) is 5.91 Å². The molecule has 4 aromatic rings. The number of benzene rings is 2. The van der Waals surface area contributed by atoms with Crippen LogP contribution in [0.3, 0.4) is 0 Å². The number of nitrogens with zero attached hydrogens (tertiary/aromatic N) is 5. The van der Waals surface area contributed by atoms with Gasteiger partial charge in [-0.25, -0.2) is 4.68 Å². The summed E-state index contributed by atoms with van der Waals surface area (Å²) in [6, 6.07) is 17.2. The van der Waals surface area contributed by atoms with Gasteiger partial charge in [0.25, 0.3) is 5.91 Å². The number of halogens is 1. The van der Waals surface area contributed by atoms with Crippen LogP contribution in [-0.2, 0) is 6.54 Å². The Balaban J connectivity index is 1.48. The number of anilines is 1. The highest BCUT2D eigenvalue weighted by Crippen LogP contribution is 2.18. The van der Waals surface area contributed by atoms with E-state index in [1.807, 2.05) is 72.4 Å². The molecule has 1 amide bonds. The minimum atomic E-state index is -0.293. The van der Waals surface area contributed by atoms with Gasteiger partial charge in [0, 0.05) is 22.6 Å². The normalized spacial score (nSPS) is 10.8. The maximum atomic E-state index is 12.6. The summed E-state index contributed by atoms with van der Waals surface area (Å²) in [5.41, 5.74) is 3.59. The topological polar surface area (TPSA) is 77.6 Å². The molecule has 0 fully saturated rings. The van der Waals surface area contributed by atoms with Crippen LogP contribution < -0.4 is 5.32 Å². The van der Waals surface area contributed by atoms with Gasteiger partial charge in [-0.15, -0.1) is 5.10 Å². The van der Waals surface area contributed by atoms with E-state index in [0.29, 0.717) is 23.6 Å². The molecule has 0 aliphatic rings. The van der Waals surface area contributed by atoms with Gasteiger partial charge >= 0.3 is 0 Å². The van der Waals surface area contributed by atoms with Crippen molar-refractivity contribution >= 4 is 27.5 Å². The summed E-state index contributed by atoms with van der Waals surface area (Å²) < 4.78 is 4.42. The third-order valence-corrected chi connectivity index (χ3v) is 4.77. The van der Waals surface area contributed by atoms with E-state index >= 15 is 0 Å². The zero-order valence-corrected chi connectivity index (χ0v) is 16.7. The third-order valence-electron chi connectivity index (χ3n) is 4.28. The standard InChI is InChI=1S/C20H17BrN6O/c1-14-19(24-25-27(14)18-5-2-4-16(21)12-18)20(28)23-17-8-6-15(7-9-17)13-26-11-3-10-22-26/h2-12H,13H2,1H3,(H,23,28). The molecule has 0 unspecified atom stereocenters. The molecule has 0 bridgehead atoms. The van der Waals surface area contributed by atoms with E-state index in [1.165, 1.54) is 0 Å². The summed E-state index contributed by atoms with van der Waals surface area (Å²) in [5, 5.41) is 15.2. The molecule has 0 atom stereocenters. The average Bonchev–Trinajstić information content (AvgIpc) is 3.33. The average molecular weight is 437 g/mol. The van der Waals surface area contributed by atoms with Gasteiger partial charge in [-0.05, 0) is 48.9 Å². The Morgan fingerprint density at radius 2 is 1.96 bits per heavy atom. The lowest BCUT2D eigenvalue weighted by Crippen LogP contribution is -2.14. The van der Waals surface area contributed by atoms with Gasteiger partial charge in [0.1, 0.15) is 0 Å². The highest BCUT2D eigenvalue weighted by Gasteiger charge is 2.17. The molecule has 28 heavy (non-hydrogen) atoms. The van der Waals surface area contributed by atoms with Crippen molar-refractivity contribution in [1.82, 2.24) is 24.8 Å². The van der Waals surface area contributed by atoms with Gasteiger partial charge in [0.05, 0.1) is 17.9 Å². The number of hydrogen-bond donors (Lipinski definition) is 1. The second kappa shape index (κ2) is 7.77. The van der Waals surface area contributed by atoms with Crippen LogP contribution >= 0.6 is 15.9 Å². The molecule has 2 aromatic carbocycles. The second-order valence-corrected chi connectivity index (χ2v) is 7.19. The number of amides is 1. The first-order valence-electron chi connectivity index (χ1n) is 8.66. The predicted octanol–water partition coefficient (Wildman–Crippen LogP) is 3.84. The molecular weight excluding hydrogens is 420 g/mol. The molecule has 4 rings (SSSR count). The molecule has 0 aliphatic heterocycles. The van der Waals surface area contributed by atoms with E-state index in [2.05, 4.69) is 36.7 Å². The van der Waals surface area contributed by atoms with E-state index in [4.69, 9.17) is 0 Å². The zero-order chi connectivity index (χ0) is 19.5. The molecule has 140 valence electrons. The Kier molecular flexibility index (Phi) is 5.03. The third kappa shape index (κ3) is 3.86. The minimum absolute atomic E-state index is 0.292. The monoisotopic (exact) mass is 436 g/mol. The van der Waals surface area contributed by atoms with E-state index in [0.717, 1.165) is 15.7 Å². The zero-order valence-electron chi connectivity index (χ0n) is 15.1. The largest absolute Gasteiger partial charge is 0.321 e. The Morgan fingerprint density at radius 1 is 1.14 bits per heavy atom. The van der Waals surface area contributed by atoms with Crippen molar-refractivity contribution in [2.45, 2.75) is 13.5 Å². The maximum absolute atomic E-state index is 12.6. The van der Waals surface area contributed by atoms with E-state index < -0.39 is 0 Å². The molecule has 0 radical (unpaired) electrons. The SMILES string of the molecule is Cc1c(C(=O)Nc2ccc(Cn3cccn3)cc2)nnn1-c1cccc(Br)c1. The first-order valence-corrected chi connectivity index (χ1v) is 9.45. The summed E-state index contributed by atoms with van der Waals surface area (Å²) >= 11 is 3.44. The molecule has 1 N–H and O–H groups in total. The van der Waals surface area contributed by atoms with Crippen LogP contribution in [0.25, 0.3) is 5.69 Å². The van der Waals surface area contributed by atoms with Gasteiger partial charge in [-0.3, -0.25) is 9.48 Å². The van der Waals surface area contributed by atoms with Crippen LogP contribution in [0.4, 0.5) is 5.69 Å². The molecule has 0 saturated carbocycles. The Hall–Kier alpha value is -3.26. The quantitative estimate of drug-likeness (QED) is 0.515. The van der Waals surface area contributed by atoms with Crippen LogP contribution in [0.2, 0.25) is 0 Å². The molecule has 2 aromatic heterocycles. The van der Waals surface area contributed by atoms with Crippen molar-refractivity contribution in [2.75, 3.05) is 5.32 Å². The summed E-state index contributed by atoms with van der Waals surface area (Å²) in [4.78, 5) is 12.6. The smallest absolute Gasteiger partial charge is 0.278 e. The van der Waals surface area contributed by atoms with Crippen molar-refractivity contribution < 1.29 is 4.79 Å². The molecule has 8 heteroatoms. The molecule has 2 heterocycles. The number of rotatable bonds is 5. The van der Waals surface area contributed by atoms with Crippen LogP contribution in [0.1, 0.15) is 21.7 Å². The lowest BCUT2D eigenvalue weighted by molar-refractivity contribution is 0.102. The summed E-state index contributed by atoms with van der Waals surface area (Å²) in [6.07, 6.45) is 3.66. The molecule has 0 aliphatic carbocycles. The van der Waals surface area contributed by atoms with Gasteiger partial charge in [0.15, 0.2) is 5.69 Å². The second-order valence-electron chi connectivity index (χ2n) is 6.27. The van der Waals surface area contributed by atoms with Crippen molar-refractivity contribution in [1.29, 1.82) is 0 Å². The van der Waals surface area contributed by atoms with Gasteiger partial charge < -0.3 is 5.32 Å². The highest BCUT2D eigenvalue weighted by molar-refractivity contribution is 9.10. The maximum Gasteiger partial charge on any atom is 0.278 e. The fourth-order valence-corrected chi connectivity index (χ4v) is 3.24. The molecular formula is C20H17BrN6O. The Bertz CT molecular complexity index is 1100. The summed E-state index contributed by atoms with van der Waals surface area (Å²) in [7, 11) is 0.